The molecule has 1 aromatic carbocycles. The lowest BCUT2D eigenvalue weighted by molar-refractivity contribution is -0.0893. The first kappa shape index (κ1) is 18.5. The minimum atomic E-state index is -0.887. The van der Waals surface area contributed by atoms with Crippen LogP contribution >= 0.6 is 0 Å². The van der Waals surface area contributed by atoms with Gasteiger partial charge in [-0.1, -0.05) is 61.8 Å². The molecule has 0 saturated heterocycles. The number of hydrogen-bond donors (Lipinski definition) is 1. The Morgan fingerprint density at radius 3 is 1.96 bits per heavy atom. The van der Waals surface area contributed by atoms with Crippen LogP contribution in [0.5, 0.6) is 0 Å². The lowest BCUT2D eigenvalue weighted by Crippen LogP contribution is -2.49. The van der Waals surface area contributed by atoms with Gasteiger partial charge in [-0.05, 0) is 52.0 Å². The fraction of sp³-hybridized carbons (Fsp3) is 0.700. The number of hydrogen-bond acceptors (Lipinski definition) is 2. The van der Waals surface area contributed by atoms with E-state index in [0.29, 0.717) is 0 Å². The molecule has 0 aliphatic heterocycles. The summed E-state index contributed by atoms with van der Waals surface area (Å²) < 4.78 is 5.83. The van der Waals surface area contributed by atoms with Gasteiger partial charge in [0.25, 0.3) is 0 Å². The minimum absolute atomic E-state index is 0.620. The molecule has 23 heavy (non-hydrogen) atoms. The summed E-state index contributed by atoms with van der Waals surface area (Å²) in [6, 6.07) is 8.76. The predicted molar refractivity (Wildman–Crippen MR) is 98.4 cm³/mol. The van der Waals surface area contributed by atoms with E-state index >= 15 is 0 Å². The number of aliphatic hydroxyl groups is 1. The van der Waals surface area contributed by atoms with Crippen molar-refractivity contribution in [3.05, 3.63) is 29.8 Å². The van der Waals surface area contributed by atoms with E-state index in [2.05, 4.69) is 24.3 Å². The average molecular weight is 315 g/mol. The second-order valence-electron chi connectivity index (χ2n) is 8.01. The third-order valence-electron chi connectivity index (χ3n) is 5.48. The standard InChI is InChI=1S/C20H32BO2/c1-19(2,22)20(3,4)23-21-18-14-12-17(13-15-18)16-10-8-6-5-7-9-11-16/h12-16,22H,5-11H2,1-4H3. The average Bonchev–Trinajstić information content (AvgIpc) is 2.44. The Morgan fingerprint density at radius 1 is 0.913 bits per heavy atom. The molecule has 1 aromatic rings. The van der Waals surface area contributed by atoms with Crippen LogP contribution in [0.25, 0.3) is 0 Å². The third kappa shape index (κ3) is 5.36. The van der Waals surface area contributed by atoms with E-state index in [1.807, 2.05) is 13.8 Å². The van der Waals surface area contributed by atoms with Crippen molar-refractivity contribution < 1.29 is 9.76 Å². The smallest absolute Gasteiger partial charge is 0.330 e. The van der Waals surface area contributed by atoms with Gasteiger partial charge in [0.05, 0.1) is 11.2 Å². The fourth-order valence-corrected chi connectivity index (χ4v) is 3.00. The van der Waals surface area contributed by atoms with Crippen molar-refractivity contribution in [1.82, 2.24) is 0 Å². The monoisotopic (exact) mass is 315 g/mol. The summed E-state index contributed by atoms with van der Waals surface area (Å²) in [4.78, 5) is 0. The summed E-state index contributed by atoms with van der Waals surface area (Å²) in [5, 5.41) is 10.1. The molecule has 0 heterocycles. The quantitative estimate of drug-likeness (QED) is 0.820. The summed E-state index contributed by atoms with van der Waals surface area (Å²) in [7, 11) is 1.76. The first-order valence-corrected chi connectivity index (χ1v) is 9.13. The summed E-state index contributed by atoms with van der Waals surface area (Å²) in [5.74, 6) is 0.720. The minimum Gasteiger partial charge on any atom is -0.427 e. The Hall–Kier alpha value is -0.795. The van der Waals surface area contributed by atoms with Crippen LogP contribution in [0.1, 0.15) is 84.1 Å². The maximum absolute atomic E-state index is 10.1. The van der Waals surface area contributed by atoms with E-state index in [1.165, 1.54) is 50.5 Å². The maximum Gasteiger partial charge on any atom is 0.330 e. The summed E-state index contributed by atoms with van der Waals surface area (Å²) in [6.07, 6.45) is 9.57. The normalized spacial score (nSPS) is 18.3. The molecular weight excluding hydrogens is 283 g/mol. The molecule has 0 atom stereocenters. The van der Waals surface area contributed by atoms with Crippen molar-refractivity contribution in [2.24, 2.45) is 0 Å². The molecule has 0 spiro atoms. The molecule has 1 aliphatic carbocycles. The molecule has 1 fully saturated rings. The second-order valence-corrected chi connectivity index (χ2v) is 8.01. The van der Waals surface area contributed by atoms with Crippen LogP contribution in [0.4, 0.5) is 0 Å². The highest BCUT2D eigenvalue weighted by atomic mass is 16.5. The van der Waals surface area contributed by atoms with Gasteiger partial charge in [0.2, 0.25) is 0 Å². The maximum atomic E-state index is 10.1. The van der Waals surface area contributed by atoms with E-state index in [9.17, 15) is 5.11 Å². The molecule has 0 aromatic heterocycles. The van der Waals surface area contributed by atoms with Crippen molar-refractivity contribution in [1.29, 1.82) is 0 Å². The van der Waals surface area contributed by atoms with Crippen molar-refractivity contribution in [2.75, 3.05) is 0 Å². The highest BCUT2D eigenvalue weighted by Gasteiger charge is 2.35. The molecule has 1 N–H and O–H groups in total. The summed E-state index contributed by atoms with van der Waals surface area (Å²) in [6.45, 7) is 7.37. The number of benzene rings is 1. The van der Waals surface area contributed by atoms with E-state index in [0.717, 1.165) is 11.4 Å². The lowest BCUT2D eigenvalue weighted by Gasteiger charge is -2.37. The van der Waals surface area contributed by atoms with Crippen LogP contribution in [0, 0.1) is 0 Å². The zero-order valence-corrected chi connectivity index (χ0v) is 15.3. The van der Waals surface area contributed by atoms with Crippen molar-refractivity contribution in [3.63, 3.8) is 0 Å². The molecule has 3 heteroatoms. The Kier molecular flexibility index (Phi) is 6.33. The molecule has 2 nitrogen and oxygen atoms in total. The third-order valence-corrected chi connectivity index (χ3v) is 5.48. The molecule has 1 aliphatic rings. The van der Waals surface area contributed by atoms with E-state index in [1.54, 1.807) is 21.3 Å². The number of rotatable bonds is 5. The summed E-state index contributed by atoms with van der Waals surface area (Å²) in [5.41, 5.74) is 1.01. The molecule has 0 bridgehead atoms. The Labute approximate surface area is 142 Å². The van der Waals surface area contributed by atoms with Gasteiger partial charge in [-0.15, -0.1) is 0 Å². The Bertz CT molecular complexity index is 465. The van der Waals surface area contributed by atoms with Crippen LogP contribution in [-0.4, -0.2) is 23.8 Å². The molecule has 1 saturated carbocycles. The van der Waals surface area contributed by atoms with Gasteiger partial charge in [0.1, 0.15) is 0 Å². The van der Waals surface area contributed by atoms with Gasteiger partial charge in [0.15, 0.2) is 0 Å². The molecule has 127 valence electrons. The first-order chi connectivity index (χ1) is 10.8. The SMILES string of the molecule is CC(C)(O)C(C)(C)O[B]c1ccc(C2CCCCCCC2)cc1. The van der Waals surface area contributed by atoms with Crippen molar-refractivity contribution >= 4 is 12.9 Å². The van der Waals surface area contributed by atoms with Crippen molar-refractivity contribution in [3.8, 4) is 0 Å². The molecule has 2 rings (SSSR count). The van der Waals surface area contributed by atoms with Gasteiger partial charge in [-0.2, -0.15) is 0 Å². The van der Waals surface area contributed by atoms with Gasteiger partial charge in [-0.3, -0.25) is 0 Å². The van der Waals surface area contributed by atoms with Crippen LogP contribution in [0.3, 0.4) is 0 Å². The lowest BCUT2D eigenvalue weighted by atomic mass is 9.80. The molecule has 0 amide bonds. The van der Waals surface area contributed by atoms with E-state index < -0.39 is 11.2 Å². The van der Waals surface area contributed by atoms with Gasteiger partial charge < -0.3 is 9.76 Å². The Morgan fingerprint density at radius 2 is 1.43 bits per heavy atom. The van der Waals surface area contributed by atoms with Crippen LogP contribution in [-0.2, 0) is 4.65 Å². The van der Waals surface area contributed by atoms with E-state index in [4.69, 9.17) is 4.65 Å². The largest absolute Gasteiger partial charge is 0.427 e. The van der Waals surface area contributed by atoms with E-state index in [-0.39, 0.29) is 0 Å². The summed E-state index contributed by atoms with van der Waals surface area (Å²) >= 11 is 0. The molecular formula is C20H32BO2. The van der Waals surface area contributed by atoms with Crippen LogP contribution in [0.15, 0.2) is 24.3 Å². The molecule has 0 unspecified atom stereocenters. The van der Waals surface area contributed by atoms with Gasteiger partial charge in [0, 0.05) is 0 Å². The molecule has 1 radical (unpaired) electrons. The Balaban J connectivity index is 1.94. The zero-order valence-electron chi connectivity index (χ0n) is 15.3. The van der Waals surface area contributed by atoms with Gasteiger partial charge >= 0.3 is 7.48 Å². The zero-order chi connectivity index (χ0) is 16.9. The first-order valence-electron chi connectivity index (χ1n) is 9.13. The highest BCUT2D eigenvalue weighted by Crippen LogP contribution is 2.30. The van der Waals surface area contributed by atoms with Crippen LogP contribution in [0.2, 0.25) is 0 Å². The van der Waals surface area contributed by atoms with Crippen molar-refractivity contribution in [2.45, 2.75) is 89.8 Å². The van der Waals surface area contributed by atoms with Crippen LogP contribution < -0.4 is 5.46 Å². The van der Waals surface area contributed by atoms with Gasteiger partial charge in [-0.25, -0.2) is 0 Å². The second kappa shape index (κ2) is 7.85. The predicted octanol–water partition coefficient (Wildman–Crippen LogP) is 4.33. The fourth-order valence-electron chi connectivity index (χ4n) is 3.00. The highest BCUT2D eigenvalue weighted by molar-refractivity contribution is 6.47. The topological polar surface area (TPSA) is 29.5 Å².